The maximum absolute atomic E-state index is 10.8. The van der Waals surface area contributed by atoms with E-state index in [1.54, 1.807) is 0 Å². The van der Waals surface area contributed by atoms with Crippen LogP contribution in [0.5, 0.6) is 0 Å². The van der Waals surface area contributed by atoms with E-state index in [0.717, 1.165) is 5.06 Å². The van der Waals surface area contributed by atoms with E-state index in [2.05, 4.69) is 15.2 Å². The molecule has 0 heterocycles. The topological polar surface area (TPSA) is 50.8 Å². The molecule has 0 aliphatic rings. The van der Waals surface area contributed by atoms with E-state index in [0.29, 0.717) is 0 Å². The van der Waals surface area contributed by atoms with Crippen LogP contribution in [0.4, 0.5) is 0 Å². The van der Waals surface area contributed by atoms with Crippen molar-refractivity contribution in [3.8, 4) is 0 Å². The fourth-order valence-electron chi connectivity index (χ4n) is 0.347. The fraction of sp³-hybridized carbons (Fsp3) is 0.800. The molecule has 0 radical (unpaired) electrons. The molecule has 0 aromatic carbocycles. The maximum atomic E-state index is 10.8. The zero-order chi connectivity index (χ0) is 7.98. The molecule has 0 unspecified atom stereocenters. The number of hydroxylamine groups is 3. The second-order valence-electron chi connectivity index (χ2n) is 1.60. The highest BCUT2D eigenvalue weighted by atomic mass is 16.7. The monoisotopic (exact) mass is 148 g/mol. The number of hydrogen-bond acceptors (Lipinski definition) is 4. The van der Waals surface area contributed by atoms with Crippen LogP contribution in [0.15, 0.2) is 0 Å². The molecule has 0 aliphatic carbocycles. The lowest BCUT2D eigenvalue weighted by molar-refractivity contribution is -0.169. The Morgan fingerprint density at radius 2 is 2.20 bits per heavy atom. The van der Waals surface area contributed by atoms with Crippen LogP contribution in [0.3, 0.4) is 0 Å². The maximum Gasteiger partial charge on any atom is 0.262 e. The van der Waals surface area contributed by atoms with Crippen LogP contribution >= 0.6 is 0 Å². The van der Waals surface area contributed by atoms with E-state index in [-0.39, 0.29) is 12.5 Å². The smallest absolute Gasteiger partial charge is 0.262 e. The summed E-state index contributed by atoms with van der Waals surface area (Å²) in [5.74, 6) is -0.190. The van der Waals surface area contributed by atoms with Crippen molar-refractivity contribution in [1.82, 2.24) is 10.5 Å². The van der Waals surface area contributed by atoms with E-state index in [9.17, 15) is 4.79 Å². The van der Waals surface area contributed by atoms with Gasteiger partial charge in [-0.05, 0) is 0 Å². The van der Waals surface area contributed by atoms with Gasteiger partial charge in [-0.2, -0.15) is 5.48 Å². The third kappa shape index (κ3) is 3.39. The predicted octanol–water partition coefficient (Wildman–Crippen LogP) is -0.843. The minimum atomic E-state index is -0.190. The van der Waals surface area contributed by atoms with Gasteiger partial charge in [0, 0.05) is 7.05 Å². The van der Waals surface area contributed by atoms with Crippen LogP contribution < -0.4 is 5.48 Å². The lowest BCUT2D eigenvalue weighted by atomic mass is 10.6. The summed E-state index contributed by atoms with van der Waals surface area (Å²) in [5, 5.41) is 1.12. The Bertz CT molecular complexity index is 107. The van der Waals surface area contributed by atoms with Gasteiger partial charge in [0.05, 0.1) is 14.2 Å². The third-order valence-corrected chi connectivity index (χ3v) is 0.993. The van der Waals surface area contributed by atoms with Gasteiger partial charge >= 0.3 is 0 Å². The average Bonchev–Trinajstić information content (AvgIpc) is 1.98. The molecule has 60 valence electrons. The van der Waals surface area contributed by atoms with Crippen molar-refractivity contribution < 1.29 is 14.5 Å². The Balaban J connectivity index is 3.42. The Kier molecular flexibility index (Phi) is 4.82. The lowest BCUT2D eigenvalue weighted by Gasteiger charge is -2.12. The Labute approximate surface area is 59.8 Å². The molecule has 5 heteroatoms. The number of nitrogens with zero attached hydrogens (tertiary/aromatic N) is 1. The van der Waals surface area contributed by atoms with Gasteiger partial charge in [0.1, 0.15) is 6.54 Å². The second kappa shape index (κ2) is 5.16. The van der Waals surface area contributed by atoms with Gasteiger partial charge in [-0.3, -0.25) is 9.63 Å². The third-order valence-electron chi connectivity index (χ3n) is 0.993. The predicted molar refractivity (Wildman–Crippen MR) is 34.8 cm³/mol. The molecule has 0 aromatic heterocycles. The molecule has 1 N–H and O–H groups in total. The molecule has 0 rings (SSSR count). The van der Waals surface area contributed by atoms with Crippen LogP contribution in [0.1, 0.15) is 0 Å². The van der Waals surface area contributed by atoms with Crippen molar-refractivity contribution in [1.29, 1.82) is 0 Å². The van der Waals surface area contributed by atoms with Crippen molar-refractivity contribution >= 4 is 5.91 Å². The number of rotatable bonds is 4. The zero-order valence-electron chi connectivity index (χ0n) is 6.38. The van der Waals surface area contributed by atoms with Crippen molar-refractivity contribution in [2.45, 2.75) is 0 Å². The molecule has 1 amide bonds. The van der Waals surface area contributed by atoms with Crippen molar-refractivity contribution in [2.24, 2.45) is 0 Å². The SMILES string of the molecule is CONCC(=O)N(C)OC. The highest BCUT2D eigenvalue weighted by Gasteiger charge is 2.05. The Hall–Kier alpha value is -0.650. The standard InChI is InChI=1S/C5H12N2O3/c1-7(10-3)5(8)4-6-9-2/h6H,4H2,1-3H3. The van der Waals surface area contributed by atoms with Gasteiger partial charge in [-0.15, -0.1) is 0 Å². The van der Waals surface area contributed by atoms with Gasteiger partial charge < -0.3 is 4.84 Å². The van der Waals surface area contributed by atoms with Gasteiger partial charge in [-0.25, -0.2) is 5.06 Å². The highest BCUT2D eigenvalue weighted by Crippen LogP contribution is 1.80. The summed E-state index contributed by atoms with van der Waals surface area (Å²) in [6.07, 6.45) is 0. The summed E-state index contributed by atoms with van der Waals surface area (Å²) in [5.41, 5.74) is 2.39. The van der Waals surface area contributed by atoms with Crippen molar-refractivity contribution in [2.75, 3.05) is 27.8 Å². The number of amides is 1. The van der Waals surface area contributed by atoms with Gasteiger partial charge in [-0.1, -0.05) is 0 Å². The van der Waals surface area contributed by atoms with Crippen LogP contribution in [-0.2, 0) is 14.5 Å². The van der Waals surface area contributed by atoms with Crippen LogP contribution in [0.25, 0.3) is 0 Å². The zero-order valence-corrected chi connectivity index (χ0v) is 6.38. The van der Waals surface area contributed by atoms with Crippen LogP contribution in [-0.4, -0.2) is 38.8 Å². The van der Waals surface area contributed by atoms with Gasteiger partial charge in [0.15, 0.2) is 0 Å². The molecule has 0 aliphatic heterocycles. The number of likely N-dealkylation sites (N-methyl/N-ethyl adjacent to an activating group) is 1. The summed E-state index contributed by atoms with van der Waals surface area (Å²) in [7, 11) is 4.39. The minimum Gasteiger partial charge on any atom is -0.305 e. The molecule has 0 atom stereocenters. The summed E-state index contributed by atoms with van der Waals surface area (Å²) < 4.78 is 0. The van der Waals surface area contributed by atoms with E-state index in [1.807, 2.05) is 0 Å². The Morgan fingerprint density at radius 3 is 2.60 bits per heavy atom. The molecule has 0 spiro atoms. The van der Waals surface area contributed by atoms with E-state index >= 15 is 0 Å². The van der Waals surface area contributed by atoms with Crippen molar-refractivity contribution in [3.63, 3.8) is 0 Å². The molecule has 0 saturated heterocycles. The first-order valence-electron chi connectivity index (χ1n) is 2.79. The number of hydrogen-bond donors (Lipinski definition) is 1. The van der Waals surface area contributed by atoms with Crippen LogP contribution in [0, 0.1) is 0 Å². The minimum absolute atomic E-state index is 0.112. The average molecular weight is 148 g/mol. The normalized spacial score (nSPS) is 9.50. The summed E-state index contributed by atoms with van der Waals surface area (Å²) in [4.78, 5) is 19.8. The van der Waals surface area contributed by atoms with Crippen LogP contribution in [0.2, 0.25) is 0 Å². The second-order valence-corrected chi connectivity index (χ2v) is 1.60. The van der Waals surface area contributed by atoms with Crippen molar-refractivity contribution in [3.05, 3.63) is 0 Å². The quantitative estimate of drug-likeness (QED) is 0.528. The van der Waals surface area contributed by atoms with E-state index in [4.69, 9.17) is 0 Å². The lowest BCUT2D eigenvalue weighted by Crippen LogP contribution is -2.34. The van der Waals surface area contributed by atoms with Gasteiger partial charge in [0.2, 0.25) is 0 Å². The first kappa shape index (κ1) is 9.35. The first-order chi connectivity index (χ1) is 4.72. The van der Waals surface area contributed by atoms with E-state index in [1.165, 1.54) is 21.3 Å². The first-order valence-corrected chi connectivity index (χ1v) is 2.79. The molecule has 0 fully saturated rings. The largest absolute Gasteiger partial charge is 0.305 e. The molecular formula is C5H12N2O3. The summed E-state index contributed by atoms with van der Waals surface area (Å²) >= 11 is 0. The molecule has 10 heavy (non-hydrogen) atoms. The molecule has 0 bridgehead atoms. The molecule has 0 aromatic rings. The molecule has 0 saturated carbocycles. The highest BCUT2D eigenvalue weighted by molar-refractivity contribution is 5.76. The Morgan fingerprint density at radius 1 is 1.60 bits per heavy atom. The van der Waals surface area contributed by atoms with Gasteiger partial charge in [0.25, 0.3) is 5.91 Å². The number of carbonyl (C=O) groups excluding carboxylic acids is 1. The molecular weight excluding hydrogens is 136 g/mol. The van der Waals surface area contributed by atoms with E-state index < -0.39 is 0 Å². The fourth-order valence-corrected chi connectivity index (χ4v) is 0.347. The number of nitrogens with one attached hydrogen (secondary N) is 1. The summed E-state index contributed by atoms with van der Waals surface area (Å²) in [6.45, 7) is 0.112. The number of carbonyl (C=O) groups is 1. The summed E-state index contributed by atoms with van der Waals surface area (Å²) in [6, 6.07) is 0. The molecule has 5 nitrogen and oxygen atoms in total.